The van der Waals surface area contributed by atoms with Crippen molar-refractivity contribution in [1.82, 2.24) is 10.6 Å². The van der Waals surface area contributed by atoms with E-state index in [4.69, 9.17) is 14.2 Å². The number of benzene rings is 2. The lowest BCUT2D eigenvalue weighted by atomic mass is 10.1. The van der Waals surface area contributed by atoms with Gasteiger partial charge in [0.05, 0.1) is 26.9 Å². The molecule has 0 saturated heterocycles. The van der Waals surface area contributed by atoms with Crippen LogP contribution in [0.2, 0.25) is 0 Å². The average molecular weight is 513 g/mol. The maximum Gasteiger partial charge on any atom is 0.191 e. The van der Waals surface area contributed by atoms with Crippen molar-refractivity contribution in [3.63, 3.8) is 0 Å². The van der Waals surface area contributed by atoms with E-state index >= 15 is 0 Å². The molecule has 2 N–H and O–H groups in total. The Balaban J connectivity index is 0.00000420. The lowest BCUT2D eigenvalue weighted by molar-refractivity contribution is 0.0657. The van der Waals surface area contributed by atoms with Crippen molar-refractivity contribution in [1.29, 1.82) is 0 Å². The molecule has 0 fully saturated rings. The Labute approximate surface area is 191 Å². The summed E-state index contributed by atoms with van der Waals surface area (Å²) in [6, 6.07) is 14.2. The first-order valence-electron chi connectivity index (χ1n) is 9.40. The van der Waals surface area contributed by atoms with Gasteiger partial charge in [-0.15, -0.1) is 24.0 Å². The maximum atomic E-state index is 5.63. The first-order chi connectivity index (χ1) is 13.5. The minimum absolute atomic E-state index is 0. The van der Waals surface area contributed by atoms with Crippen molar-refractivity contribution in [3.05, 3.63) is 59.2 Å². The van der Waals surface area contributed by atoms with Crippen LogP contribution in [0.3, 0.4) is 0 Å². The molecule has 0 saturated carbocycles. The summed E-state index contributed by atoms with van der Waals surface area (Å²) < 4.78 is 16.3. The van der Waals surface area contributed by atoms with Crippen molar-refractivity contribution >= 4 is 29.9 Å². The molecule has 0 aromatic heterocycles. The molecule has 0 amide bonds. The van der Waals surface area contributed by atoms with Crippen LogP contribution in [0.15, 0.2) is 47.5 Å². The largest absolute Gasteiger partial charge is 0.497 e. The molecule has 6 nitrogen and oxygen atoms in total. The van der Waals surface area contributed by atoms with Gasteiger partial charge in [0.25, 0.3) is 0 Å². The minimum atomic E-state index is 0. The van der Waals surface area contributed by atoms with Gasteiger partial charge in [-0.05, 0) is 37.1 Å². The fraction of sp³-hybridized carbons (Fsp3) is 0.409. The van der Waals surface area contributed by atoms with Crippen LogP contribution >= 0.6 is 24.0 Å². The first kappa shape index (κ1) is 25.0. The van der Waals surface area contributed by atoms with Gasteiger partial charge in [0.1, 0.15) is 11.5 Å². The van der Waals surface area contributed by atoms with E-state index in [1.54, 1.807) is 21.3 Å². The SMILES string of the molecule is CN=C(NCc1ccc(COC(C)C)cc1)NCc1ccc(OC)cc1OC.I. The molecular formula is C22H32IN3O3. The Kier molecular flexibility index (Phi) is 11.5. The zero-order chi connectivity index (χ0) is 20.4. The summed E-state index contributed by atoms with van der Waals surface area (Å²) >= 11 is 0. The molecule has 0 spiro atoms. The Morgan fingerprint density at radius 3 is 2.17 bits per heavy atom. The second-order valence-electron chi connectivity index (χ2n) is 6.63. The van der Waals surface area contributed by atoms with Crippen molar-refractivity contribution < 1.29 is 14.2 Å². The van der Waals surface area contributed by atoms with Crippen molar-refractivity contribution in [2.24, 2.45) is 4.99 Å². The summed E-state index contributed by atoms with van der Waals surface area (Å²) in [5.74, 6) is 2.27. The Hall–Kier alpha value is -2.00. The predicted octanol–water partition coefficient (Wildman–Crippen LogP) is 4.11. The van der Waals surface area contributed by atoms with Gasteiger partial charge >= 0.3 is 0 Å². The average Bonchev–Trinajstić information content (AvgIpc) is 2.73. The van der Waals surface area contributed by atoms with E-state index < -0.39 is 0 Å². The second-order valence-corrected chi connectivity index (χ2v) is 6.63. The summed E-state index contributed by atoms with van der Waals surface area (Å²) in [7, 11) is 5.05. The molecule has 29 heavy (non-hydrogen) atoms. The Bertz CT molecular complexity index is 764. The van der Waals surface area contributed by atoms with E-state index in [1.165, 1.54) is 11.1 Å². The van der Waals surface area contributed by atoms with Crippen LogP contribution in [-0.4, -0.2) is 33.3 Å². The minimum Gasteiger partial charge on any atom is -0.497 e. The van der Waals surface area contributed by atoms with E-state index in [1.807, 2.05) is 32.0 Å². The third-order valence-corrected chi connectivity index (χ3v) is 4.23. The number of nitrogens with one attached hydrogen (secondary N) is 2. The van der Waals surface area contributed by atoms with E-state index in [2.05, 4.69) is 39.9 Å². The van der Waals surface area contributed by atoms with E-state index in [-0.39, 0.29) is 30.1 Å². The zero-order valence-corrected chi connectivity index (χ0v) is 20.2. The van der Waals surface area contributed by atoms with Gasteiger partial charge in [-0.1, -0.05) is 24.3 Å². The van der Waals surface area contributed by atoms with E-state index in [0.29, 0.717) is 19.7 Å². The highest BCUT2D eigenvalue weighted by atomic mass is 127. The molecule has 0 aliphatic rings. The fourth-order valence-electron chi connectivity index (χ4n) is 2.60. The fourth-order valence-corrected chi connectivity index (χ4v) is 2.60. The summed E-state index contributed by atoms with van der Waals surface area (Å²) in [6.45, 7) is 6.00. The predicted molar refractivity (Wildman–Crippen MR) is 128 cm³/mol. The molecule has 0 unspecified atom stereocenters. The highest BCUT2D eigenvalue weighted by Gasteiger charge is 2.06. The van der Waals surface area contributed by atoms with Gasteiger partial charge in [-0.25, -0.2) is 0 Å². The van der Waals surface area contributed by atoms with Crippen LogP contribution in [0.25, 0.3) is 0 Å². The number of halogens is 1. The molecule has 0 bridgehead atoms. The molecule has 2 rings (SSSR count). The lowest BCUT2D eigenvalue weighted by Crippen LogP contribution is -2.36. The van der Waals surface area contributed by atoms with Crippen LogP contribution in [0.5, 0.6) is 11.5 Å². The smallest absolute Gasteiger partial charge is 0.191 e. The summed E-state index contributed by atoms with van der Waals surface area (Å²) in [6.07, 6.45) is 0.236. The monoisotopic (exact) mass is 513 g/mol. The lowest BCUT2D eigenvalue weighted by Gasteiger charge is -2.15. The number of rotatable bonds is 9. The molecule has 0 atom stereocenters. The van der Waals surface area contributed by atoms with Crippen molar-refractivity contribution in [2.45, 2.75) is 39.6 Å². The summed E-state index contributed by atoms with van der Waals surface area (Å²) in [5, 5.41) is 6.64. The Morgan fingerprint density at radius 1 is 0.931 bits per heavy atom. The molecule has 0 radical (unpaired) electrons. The van der Waals surface area contributed by atoms with Crippen LogP contribution in [0, 0.1) is 0 Å². The zero-order valence-electron chi connectivity index (χ0n) is 17.8. The third kappa shape index (κ3) is 8.49. The van der Waals surface area contributed by atoms with Gasteiger partial charge in [-0.3, -0.25) is 4.99 Å². The maximum absolute atomic E-state index is 5.63. The van der Waals surface area contributed by atoms with Crippen molar-refractivity contribution in [2.75, 3.05) is 21.3 Å². The van der Waals surface area contributed by atoms with Gasteiger partial charge in [0.15, 0.2) is 5.96 Å². The highest BCUT2D eigenvalue weighted by molar-refractivity contribution is 14.0. The molecule has 0 aliphatic carbocycles. The number of hydrogen-bond acceptors (Lipinski definition) is 4. The number of nitrogens with zero attached hydrogens (tertiary/aromatic N) is 1. The summed E-state index contributed by atoms with van der Waals surface area (Å²) in [5.41, 5.74) is 3.38. The number of aliphatic imine (C=N–C) groups is 1. The third-order valence-electron chi connectivity index (χ3n) is 4.23. The highest BCUT2D eigenvalue weighted by Crippen LogP contribution is 2.24. The van der Waals surface area contributed by atoms with E-state index in [9.17, 15) is 0 Å². The molecule has 160 valence electrons. The standard InChI is InChI=1S/C22H31N3O3.HI/c1-16(2)28-15-18-8-6-17(7-9-18)13-24-22(23-3)25-14-19-10-11-20(26-4)12-21(19)27-5;/h6-12,16H,13-15H2,1-5H3,(H2,23,24,25);1H. The van der Waals surface area contributed by atoms with Gasteiger partial charge in [-0.2, -0.15) is 0 Å². The number of methoxy groups -OCH3 is 2. The van der Waals surface area contributed by atoms with Crippen LogP contribution in [0.1, 0.15) is 30.5 Å². The Morgan fingerprint density at radius 2 is 1.59 bits per heavy atom. The van der Waals surface area contributed by atoms with E-state index in [0.717, 1.165) is 23.0 Å². The molecule has 7 heteroatoms. The molecule has 0 heterocycles. The normalized spacial score (nSPS) is 11.0. The number of guanidine groups is 1. The second kappa shape index (κ2) is 13.3. The first-order valence-corrected chi connectivity index (χ1v) is 9.40. The summed E-state index contributed by atoms with van der Waals surface area (Å²) in [4.78, 5) is 4.28. The quantitative estimate of drug-likeness (QED) is 0.300. The molecule has 2 aromatic rings. The molecule has 2 aromatic carbocycles. The van der Waals surface area contributed by atoms with Crippen molar-refractivity contribution in [3.8, 4) is 11.5 Å². The van der Waals surface area contributed by atoms with Crippen LogP contribution in [-0.2, 0) is 24.4 Å². The van der Waals surface area contributed by atoms with Gasteiger partial charge < -0.3 is 24.8 Å². The topological polar surface area (TPSA) is 64.1 Å². The van der Waals surface area contributed by atoms with Crippen LogP contribution < -0.4 is 20.1 Å². The van der Waals surface area contributed by atoms with Gasteiger partial charge in [0.2, 0.25) is 0 Å². The number of ether oxygens (including phenoxy) is 3. The number of hydrogen-bond donors (Lipinski definition) is 2. The molecular weight excluding hydrogens is 481 g/mol. The van der Waals surface area contributed by atoms with Crippen LogP contribution in [0.4, 0.5) is 0 Å². The molecule has 0 aliphatic heterocycles. The van der Waals surface area contributed by atoms with Gasteiger partial charge in [0, 0.05) is 31.8 Å².